The third kappa shape index (κ3) is 8.56. The largest absolute Gasteiger partial charge is 0.401 e. The van der Waals surface area contributed by atoms with E-state index in [2.05, 4.69) is 15.9 Å². The Morgan fingerprint density at radius 2 is 1.85 bits per heavy atom. The highest BCUT2D eigenvalue weighted by Crippen LogP contribution is 2.17. The fraction of sp³-hybridized carbons (Fsp3) is 1.00. The van der Waals surface area contributed by atoms with Gasteiger partial charge >= 0.3 is 6.18 Å². The molecule has 0 aliphatic rings. The molecule has 0 N–H and O–H groups in total. The van der Waals surface area contributed by atoms with Crippen molar-refractivity contribution in [2.75, 3.05) is 25.0 Å². The summed E-state index contributed by atoms with van der Waals surface area (Å²) in [6.45, 7) is 3.95. The Bertz CT molecular complexity index is 136. The molecule has 0 saturated carbocycles. The van der Waals surface area contributed by atoms with Crippen LogP contribution < -0.4 is 0 Å². The zero-order chi connectivity index (χ0) is 10.5. The molecule has 0 aliphatic carbocycles. The molecule has 0 amide bonds. The predicted octanol–water partition coefficient (Wildman–Crippen LogP) is 2.90. The summed E-state index contributed by atoms with van der Waals surface area (Å²) in [5.41, 5.74) is 0. The fourth-order valence-electron chi connectivity index (χ4n) is 1.12. The van der Waals surface area contributed by atoms with Crippen LogP contribution >= 0.6 is 15.9 Å². The molecule has 0 heterocycles. The van der Waals surface area contributed by atoms with Crippen molar-refractivity contribution in [2.24, 2.45) is 5.92 Å². The highest BCUT2D eigenvalue weighted by atomic mass is 79.9. The van der Waals surface area contributed by atoms with Gasteiger partial charge in [-0.05, 0) is 5.92 Å². The van der Waals surface area contributed by atoms with E-state index in [1.54, 1.807) is 0 Å². The summed E-state index contributed by atoms with van der Waals surface area (Å²) in [6.07, 6.45) is -4.09. The van der Waals surface area contributed by atoms with E-state index in [0.717, 1.165) is 0 Å². The molecule has 1 nitrogen and oxygen atoms in total. The van der Waals surface area contributed by atoms with Gasteiger partial charge in [0, 0.05) is 18.4 Å². The van der Waals surface area contributed by atoms with E-state index in [9.17, 15) is 13.2 Å². The van der Waals surface area contributed by atoms with Crippen LogP contribution in [0.5, 0.6) is 0 Å². The van der Waals surface area contributed by atoms with Crippen molar-refractivity contribution >= 4 is 15.9 Å². The number of alkyl halides is 4. The molecular formula is C8H15BrF3N. The molecule has 0 rings (SSSR count). The lowest BCUT2D eigenvalue weighted by atomic mass is 10.2. The minimum absolute atomic E-state index is 0.265. The smallest absolute Gasteiger partial charge is 0.294 e. The molecule has 0 unspecified atom stereocenters. The quantitative estimate of drug-likeness (QED) is 0.688. The van der Waals surface area contributed by atoms with Gasteiger partial charge in [-0.15, -0.1) is 0 Å². The summed E-state index contributed by atoms with van der Waals surface area (Å²) in [5.74, 6) is 0.265. The maximum atomic E-state index is 12.0. The lowest BCUT2D eigenvalue weighted by molar-refractivity contribution is -0.146. The van der Waals surface area contributed by atoms with Crippen molar-refractivity contribution in [1.29, 1.82) is 0 Å². The van der Waals surface area contributed by atoms with Crippen LogP contribution in [0.25, 0.3) is 0 Å². The van der Waals surface area contributed by atoms with Gasteiger partial charge in [0.15, 0.2) is 0 Å². The van der Waals surface area contributed by atoms with Gasteiger partial charge in [0.25, 0.3) is 0 Å². The average molecular weight is 262 g/mol. The number of rotatable bonds is 5. The van der Waals surface area contributed by atoms with Crippen LogP contribution in [0.2, 0.25) is 0 Å². The Kier molecular flexibility index (Phi) is 5.96. The van der Waals surface area contributed by atoms with Crippen molar-refractivity contribution in [2.45, 2.75) is 20.0 Å². The molecule has 0 atom stereocenters. The Morgan fingerprint density at radius 1 is 1.31 bits per heavy atom. The van der Waals surface area contributed by atoms with Crippen LogP contribution in [0.3, 0.4) is 0 Å². The van der Waals surface area contributed by atoms with Gasteiger partial charge in [-0.3, -0.25) is 4.90 Å². The van der Waals surface area contributed by atoms with E-state index in [1.807, 2.05) is 13.8 Å². The number of hydrogen-bond acceptors (Lipinski definition) is 1. The topological polar surface area (TPSA) is 3.24 Å². The normalized spacial score (nSPS) is 12.9. The lowest BCUT2D eigenvalue weighted by Gasteiger charge is -2.24. The first-order chi connectivity index (χ1) is 5.85. The van der Waals surface area contributed by atoms with Crippen molar-refractivity contribution in [3.05, 3.63) is 0 Å². The van der Waals surface area contributed by atoms with E-state index in [1.165, 1.54) is 4.90 Å². The second-order valence-corrected chi connectivity index (χ2v) is 4.23. The van der Waals surface area contributed by atoms with Crippen molar-refractivity contribution in [1.82, 2.24) is 4.90 Å². The molecule has 0 bridgehead atoms. The lowest BCUT2D eigenvalue weighted by Crippen LogP contribution is -2.37. The molecule has 80 valence electrons. The van der Waals surface area contributed by atoms with E-state index >= 15 is 0 Å². The second-order valence-electron chi connectivity index (χ2n) is 3.43. The summed E-state index contributed by atoms with van der Waals surface area (Å²) in [5, 5.41) is 0.579. The van der Waals surface area contributed by atoms with Crippen molar-refractivity contribution < 1.29 is 13.2 Å². The Balaban J connectivity index is 3.94. The van der Waals surface area contributed by atoms with Gasteiger partial charge in [0.05, 0.1) is 6.54 Å². The molecule has 0 aliphatic heterocycles. The van der Waals surface area contributed by atoms with E-state index in [0.29, 0.717) is 18.4 Å². The third-order valence-corrected chi connectivity index (χ3v) is 1.78. The van der Waals surface area contributed by atoms with Gasteiger partial charge in [0.1, 0.15) is 0 Å². The molecule has 5 heteroatoms. The minimum Gasteiger partial charge on any atom is -0.294 e. The molecule has 0 aromatic heterocycles. The third-order valence-electron chi connectivity index (χ3n) is 1.43. The Labute approximate surface area is 85.4 Å². The van der Waals surface area contributed by atoms with Crippen LogP contribution in [-0.2, 0) is 0 Å². The maximum absolute atomic E-state index is 12.0. The molecule has 13 heavy (non-hydrogen) atoms. The standard InChI is InChI=1S/C8H15BrF3N/c1-7(2)5-13(4-3-9)6-8(10,11)12/h7H,3-6H2,1-2H3. The maximum Gasteiger partial charge on any atom is 0.401 e. The van der Waals surface area contributed by atoms with Gasteiger partial charge in [-0.1, -0.05) is 29.8 Å². The van der Waals surface area contributed by atoms with Crippen LogP contribution in [0.4, 0.5) is 13.2 Å². The Hall–Kier alpha value is 0.230. The van der Waals surface area contributed by atoms with E-state index in [-0.39, 0.29) is 5.92 Å². The molecule has 0 fully saturated rings. The van der Waals surface area contributed by atoms with Gasteiger partial charge in [-0.25, -0.2) is 0 Å². The number of halogens is 4. The summed E-state index contributed by atoms with van der Waals surface area (Å²) < 4.78 is 36.1. The first-order valence-corrected chi connectivity index (χ1v) is 5.32. The van der Waals surface area contributed by atoms with Gasteiger partial charge in [0.2, 0.25) is 0 Å². The second kappa shape index (κ2) is 5.86. The van der Waals surface area contributed by atoms with Crippen LogP contribution in [0, 0.1) is 5.92 Å². The predicted molar refractivity (Wildman–Crippen MR) is 51.1 cm³/mol. The molecule has 0 aromatic rings. The summed E-state index contributed by atoms with van der Waals surface area (Å²) in [4.78, 5) is 1.42. The van der Waals surface area contributed by atoms with Crippen LogP contribution in [-0.4, -0.2) is 36.0 Å². The molecule has 0 radical (unpaired) electrons. The molecule has 0 saturated heterocycles. The molecular weight excluding hydrogens is 247 g/mol. The monoisotopic (exact) mass is 261 g/mol. The highest BCUT2D eigenvalue weighted by molar-refractivity contribution is 9.09. The van der Waals surface area contributed by atoms with Gasteiger partial charge in [-0.2, -0.15) is 13.2 Å². The van der Waals surface area contributed by atoms with Crippen molar-refractivity contribution in [3.63, 3.8) is 0 Å². The minimum atomic E-state index is -4.09. The Morgan fingerprint density at radius 3 is 2.15 bits per heavy atom. The number of nitrogens with zero attached hydrogens (tertiary/aromatic N) is 1. The van der Waals surface area contributed by atoms with Crippen LogP contribution in [0.15, 0.2) is 0 Å². The summed E-state index contributed by atoms with van der Waals surface area (Å²) in [7, 11) is 0. The summed E-state index contributed by atoms with van der Waals surface area (Å²) in [6, 6.07) is 0. The van der Waals surface area contributed by atoms with E-state index in [4.69, 9.17) is 0 Å². The van der Waals surface area contributed by atoms with Gasteiger partial charge < -0.3 is 0 Å². The molecule has 0 spiro atoms. The van der Waals surface area contributed by atoms with Crippen molar-refractivity contribution in [3.8, 4) is 0 Å². The summed E-state index contributed by atoms with van der Waals surface area (Å²) >= 11 is 3.14. The SMILES string of the molecule is CC(C)CN(CCBr)CC(F)(F)F. The first kappa shape index (κ1) is 13.2. The van der Waals surface area contributed by atoms with Crippen LogP contribution in [0.1, 0.15) is 13.8 Å². The fourth-order valence-corrected chi connectivity index (χ4v) is 1.63. The van der Waals surface area contributed by atoms with E-state index < -0.39 is 12.7 Å². The zero-order valence-electron chi connectivity index (χ0n) is 7.86. The molecule has 0 aromatic carbocycles. The number of hydrogen-bond donors (Lipinski definition) is 0. The zero-order valence-corrected chi connectivity index (χ0v) is 9.45. The first-order valence-electron chi connectivity index (χ1n) is 4.20. The highest BCUT2D eigenvalue weighted by Gasteiger charge is 2.30. The average Bonchev–Trinajstić information content (AvgIpc) is 1.81.